The van der Waals surface area contributed by atoms with Crippen molar-refractivity contribution in [2.24, 2.45) is 0 Å². The van der Waals surface area contributed by atoms with Gasteiger partial charge in [-0.1, -0.05) is 50.1 Å². The zero-order chi connectivity index (χ0) is 13.8. The molecule has 108 valence electrons. The van der Waals surface area contributed by atoms with Gasteiger partial charge in [-0.15, -0.1) is 0 Å². The highest BCUT2D eigenvalue weighted by Gasteiger charge is 2.03. The van der Waals surface area contributed by atoms with E-state index in [0.717, 1.165) is 19.7 Å². The molecular weight excluding hydrogens is 234 g/mol. The fraction of sp³-hybridized carbons (Fsp3) is 0.647. The summed E-state index contributed by atoms with van der Waals surface area (Å²) in [4.78, 5) is 0. The third-order valence-electron chi connectivity index (χ3n) is 3.31. The number of nitrogens with one attached hydrogen (secondary N) is 1. The maximum atomic E-state index is 5.86. The van der Waals surface area contributed by atoms with Crippen LogP contribution in [0.4, 0.5) is 0 Å². The van der Waals surface area contributed by atoms with Crippen molar-refractivity contribution in [3.8, 4) is 0 Å². The number of benzene rings is 1. The van der Waals surface area contributed by atoms with Gasteiger partial charge in [0, 0.05) is 6.61 Å². The summed E-state index contributed by atoms with van der Waals surface area (Å²) in [5.41, 5.74) is 1.27. The molecule has 0 aliphatic heterocycles. The molecule has 1 aromatic carbocycles. The van der Waals surface area contributed by atoms with Crippen LogP contribution in [0.15, 0.2) is 30.3 Å². The first-order valence-electron chi connectivity index (χ1n) is 7.72. The van der Waals surface area contributed by atoms with E-state index in [1.54, 1.807) is 0 Å². The summed E-state index contributed by atoms with van der Waals surface area (Å²) in [5, 5.41) is 3.43. The minimum atomic E-state index is 0.215. The van der Waals surface area contributed by atoms with Gasteiger partial charge in [0.1, 0.15) is 0 Å². The third-order valence-corrected chi connectivity index (χ3v) is 3.31. The molecule has 1 aromatic rings. The average Bonchev–Trinajstić information content (AvgIpc) is 2.46. The van der Waals surface area contributed by atoms with Gasteiger partial charge >= 0.3 is 0 Å². The quantitative estimate of drug-likeness (QED) is 0.600. The van der Waals surface area contributed by atoms with Gasteiger partial charge in [0.25, 0.3) is 0 Å². The number of unbranched alkanes of at least 4 members (excludes halogenated alkanes) is 3. The van der Waals surface area contributed by atoms with Crippen molar-refractivity contribution < 1.29 is 4.74 Å². The van der Waals surface area contributed by atoms with Gasteiger partial charge < -0.3 is 10.1 Å². The van der Waals surface area contributed by atoms with Crippen LogP contribution in [-0.4, -0.2) is 19.7 Å². The highest BCUT2D eigenvalue weighted by atomic mass is 16.5. The second kappa shape index (κ2) is 11.0. The molecule has 0 bridgehead atoms. The first-order valence-corrected chi connectivity index (χ1v) is 7.72. The summed E-state index contributed by atoms with van der Waals surface area (Å²) >= 11 is 0. The van der Waals surface area contributed by atoms with Gasteiger partial charge in [-0.25, -0.2) is 0 Å². The minimum absolute atomic E-state index is 0.215. The summed E-state index contributed by atoms with van der Waals surface area (Å²) in [6.07, 6.45) is 6.48. The second-order valence-corrected chi connectivity index (χ2v) is 5.09. The molecule has 2 nitrogen and oxygen atoms in total. The van der Waals surface area contributed by atoms with Crippen molar-refractivity contribution in [1.29, 1.82) is 0 Å². The fourth-order valence-corrected chi connectivity index (χ4v) is 2.09. The van der Waals surface area contributed by atoms with Gasteiger partial charge in [-0.3, -0.25) is 0 Å². The summed E-state index contributed by atoms with van der Waals surface area (Å²) in [6.45, 7) is 7.52. The van der Waals surface area contributed by atoms with E-state index in [9.17, 15) is 0 Å². The molecule has 1 rings (SSSR count). The van der Waals surface area contributed by atoms with E-state index in [-0.39, 0.29) is 6.10 Å². The maximum absolute atomic E-state index is 5.86. The monoisotopic (exact) mass is 263 g/mol. The van der Waals surface area contributed by atoms with Gasteiger partial charge in [0.15, 0.2) is 0 Å². The number of rotatable bonds is 11. The van der Waals surface area contributed by atoms with Crippen LogP contribution < -0.4 is 5.32 Å². The standard InChI is InChI=1S/C17H29NO/c1-3-13-18-14-9-4-5-10-15-19-16(2)17-11-7-6-8-12-17/h6-8,11-12,16,18H,3-5,9-10,13-15H2,1-2H3. The molecule has 1 N–H and O–H groups in total. The Morgan fingerprint density at radius 3 is 2.47 bits per heavy atom. The summed E-state index contributed by atoms with van der Waals surface area (Å²) in [7, 11) is 0. The molecule has 0 saturated carbocycles. The highest BCUT2D eigenvalue weighted by Crippen LogP contribution is 2.16. The normalized spacial score (nSPS) is 12.5. The molecule has 0 saturated heterocycles. The van der Waals surface area contributed by atoms with E-state index in [4.69, 9.17) is 4.74 Å². The number of hydrogen-bond acceptors (Lipinski definition) is 2. The molecular formula is C17H29NO. The molecule has 0 radical (unpaired) electrons. The van der Waals surface area contributed by atoms with E-state index in [2.05, 4.69) is 43.4 Å². The van der Waals surface area contributed by atoms with Crippen molar-refractivity contribution >= 4 is 0 Å². The second-order valence-electron chi connectivity index (χ2n) is 5.09. The van der Waals surface area contributed by atoms with Crippen molar-refractivity contribution in [2.75, 3.05) is 19.7 Å². The molecule has 0 aliphatic rings. The summed E-state index contributed by atoms with van der Waals surface area (Å²) < 4.78 is 5.86. The average molecular weight is 263 g/mol. The first kappa shape index (κ1) is 16.2. The van der Waals surface area contributed by atoms with Crippen molar-refractivity contribution in [2.45, 2.75) is 52.1 Å². The van der Waals surface area contributed by atoms with Crippen LogP contribution in [0.2, 0.25) is 0 Å². The van der Waals surface area contributed by atoms with Gasteiger partial charge in [-0.2, -0.15) is 0 Å². The lowest BCUT2D eigenvalue weighted by Gasteiger charge is -2.13. The molecule has 0 amide bonds. The van der Waals surface area contributed by atoms with E-state index in [1.807, 2.05) is 6.07 Å². The molecule has 0 aliphatic carbocycles. The van der Waals surface area contributed by atoms with Gasteiger partial charge in [0.05, 0.1) is 6.10 Å². The molecule has 0 aromatic heterocycles. The predicted octanol–water partition coefficient (Wildman–Crippen LogP) is 4.32. The highest BCUT2D eigenvalue weighted by molar-refractivity contribution is 5.16. The Balaban J connectivity index is 1.93. The number of ether oxygens (including phenoxy) is 1. The molecule has 19 heavy (non-hydrogen) atoms. The minimum Gasteiger partial charge on any atom is -0.374 e. The third kappa shape index (κ3) is 8.02. The zero-order valence-corrected chi connectivity index (χ0v) is 12.5. The zero-order valence-electron chi connectivity index (χ0n) is 12.5. The Bertz CT molecular complexity index is 299. The molecule has 0 fully saturated rings. The van der Waals surface area contributed by atoms with E-state index in [1.165, 1.54) is 37.7 Å². The van der Waals surface area contributed by atoms with Crippen LogP contribution in [0.25, 0.3) is 0 Å². The summed E-state index contributed by atoms with van der Waals surface area (Å²) in [5.74, 6) is 0. The van der Waals surface area contributed by atoms with Crippen LogP contribution >= 0.6 is 0 Å². The van der Waals surface area contributed by atoms with Crippen LogP contribution in [-0.2, 0) is 4.74 Å². The van der Waals surface area contributed by atoms with Crippen LogP contribution in [0.5, 0.6) is 0 Å². The lowest BCUT2D eigenvalue weighted by molar-refractivity contribution is 0.0628. The largest absolute Gasteiger partial charge is 0.374 e. The Labute approximate surface area is 118 Å². The Kier molecular flexibility index (Phi) is 9.38. The topological polar surface area (TPSA) is 21.3 Å². The Morgan fingerprint density at radius 1 is 1.00 bits per heavy atom. The lowest BCUT2D eigenvalue weighted by Crippen LogP contribution is -2.15. The molecule has 1 unspecified atom stereocenters. The van der Waals surface area contributed by atoms with E-state index < -0.39 is 0 Å². The summed E-state index contributed by atoms with van der Waals surface area (Å²) in [6, 6.07) is 10.4. The van der Waals surface area contributed by atoms with E-state index >= 15 is 0 Å². The fourth-order valence-electron chi connectivity index (χ4n) is 2.09. The lowest BCUT2D eigenvalue weighted by atomic mass is 10.1. The van der Waals surface area contributed by atoms with Crippen molar-refractivity contribution in [1.82, 2.24) is 5.32 Å². The van der Waals surface area contributed by atoms with Crippen LogP contribution in [0, 0.1) is 0 Å². The van der Waals surface area contributed by atoms with Gasteiger partial charge in [0.2, 0.25) is 0 Å². The van der Waals surface area contributed by atoms with Crippen molar-refractivity contribution in [3.63, 3.8) is 0 Å². The Morgan fingerprint density at radius 2 is 1.74 bits per heavy atom. The molecule has 0 heterocycles. The van der Waals surface area contributed by atoms with Crippen LogP contribution in [0.1, 0.15) is 57.6 Å². The molecule has 2 heteroatoms. The first-order chi connectivity index (χ1) is 9.34. The SMILES string of the molecule is CCCNCCCCCCOC(C)c1ccccc1. The maximum Gasteiger partial charge on any atom is 0.0796 e. The molecule has 0 spiro atoms. The number of hydrogen-bond donors (Lipinski definition) is 1. The van der Waals surface area contributed by atoms with Crippen LogP contribution in [0.3, 0.4) is 0 Å². The van der Waals surface area contributed by atoms with Crippen molar-refractivity contribution in [3.05, 3.63) is 35.9 Å². The van der Waals surface area contributed by atoms with Gasteiger partial charge in [-0.05, 0) is 44.8 Å². The smallest absolute Gasteiger partial charge is 0.0796 e. The van der Waals surface area contributed by atoms with E-state index in [0.29, 0.717) is 0 Å². The predicted molar refractivity (Wildman–Crippen MR) is 82.4 cm³/mol. The Hall–Kier alpha value is -0.860. The molecule has 1 atom stereocenters.